The molecule has 0 radical (unpaired) electrons. The summed E-state index contributed by atoms with van der Waals surface area (Å²) >= 11 is 0. The van der Waals surface area contributed by atoms with Gasteiger partial charge in [0.2, 0.25) is 10.0 Å². The molecule has 28 heavy (non-hydrogen) atoms. The van der Waals surface area contributed by atoms with Gasteiger partial charge < -0.3 is 5.32 Å². The van der Waals surface area contributed by atoms with Gasteiger partial charge in [-0.3, -0.25) is 9.36 Å². The number of aromatic nitrogens is 2. The van der Waals surface area contributed by atoms with E-state index >= 15 is 0 Å². The molecule has 0 saturated heterocycles. The zero-order valence-electron chi connectivity index (χ0n) is 15.3. The summed E-state index contributed by atoms with van der Waals surface area (Å²) in [6.45, 7) is 0.0245. The second kappa shape index (κ2) is 7.91. The summed E-state index contributed by atoms with van der Waals surface area (Å²) in [5, 5.41) is 2.72. The molecule has 3 aromatic rings. The molecule has 0 aliphatic heterocycles. The Balaban J connectivity index is 1.82. The van der Waals surface area contributed by atoms with Crippen molar-refractivity contribution in [3.05, 3.63) is 78.1 Å². The lowest BCUT2D eigenvalue weighted by Crippen LogP contribution is -2.28. The maximum Gasteiger partial charge on any atom is 0.270 e. The van der Waals surface area contributed by atoms with Gasteiger partial charge in [0.1, 0.15) is 11.5 Å². The molecule has 0 saturated carbocycles. The number of nitrogens with one attached hydrogen (secondary N) is 1. The number of halogens is 1. The maximum atomic E-state index is 13.1. The second-order valence-electron chi connectivity index (χ2n) is 6.20. The molecular formula is C19H19FN4O3S. The average molecular weight is 402 g/mol. The molecule has 0 spiro atoms. The number of sulfonamides is 1. The van der Waals surface area contributed by atoms with Crippen molar-refractivity contribution in [1.82, 2.24) is 19.2 Å². The third-order valence-electron chi connectivity index (χ3n) is 4.15. The molecule has 1 heterocycles. The largest absolute Gasteiger partial charge is 0.347 e. The van der Waals surface area contributed by atoms with Crippen molar-refractivity contribution in [2.75, 3.05) is 14.1 Å². The highest BCUT2D eigenvalue weighted by atomic mass is 32.2. The smallest absolute Gasteiger partial charge is 0.270 e. The van der Waals surface area contributed by atoms with Crippen LogP contribution in [0.15, 0.2) is 66.0 Å². The Kier molecular flexibility index (Phi) is 5.57. The highest BCUT2D eigenvalue weighted by Gasteiger charge is 2.21. The van der Waals surface area contributed by atoms with E-state index in [-0.39, 0.29) is 23.0 Å². The highest BCUT2D eigenvalue weighted by Crippen LogP contribution is 2.19. The van der Waals surface area contributed by atoms with E-state index in [0.717, 1.165) is 4.31 Å². The molecule has 0 fully saturated rings. The Morgan fingerprint density at radius 2 is 1.82 bits per heavy atom. The van der Waals surface area contributed by atoms with Gasteiger partial charge in [0, 0.05) is 26.3 Å². The lowest BCUT2D eigenvalue weighted by Gasteiger charge is -2.15. The summed E-state index contributed by atoms with van der Waals surface area (Å²) in [5.41, 5.74) is 1.30. The summed E-state index contributed by atoms with van der Waals surface area (Å²) in [5.74, 6) is -0.813. The zero-order chi connectivity index (χ0) is 20.3. The molecule has 0 atom stereocenters. The number of hydrogen-bond donors (Lipinski definition) is 1. The Labute approximate surface area is 162 Å². The Morgan fingerprint density at radius 3 is 2.50 bits per heavy atom. The lowest BCUT2D eigenvalue weighted by atomic mass is 10.2. The molecule has 0 aliphatic carbocycles. The van der Waals surface area contributed by atoms with Crippen LogP contribution in [-0.4, -0.2) is 42.3 Å². The van der Waals surface area contributed by atoms with Crippen molar-refractivity contribution < 1.29 is 17.6 Å². The van der Waals surface area contributed by atoms with Crippen LogP contribution in [0.2, 0.25) is 0 Å². The lowest BCUT2D eigenvalue weighted by molar-refractivity contribution is 0.0943. The van der Waals surface area contributed by atoms with Crippen molar-refractivity contribution in [2.45, 2.75) is 11.4 Å². The normalized spacial score (nSPS) is 11.6. The van der Waals surface area contributed by atoms with Crippen molar-refractivity contribution in [1.29, 1.82) is 0 Å². The molecule has 3 rings (SSSR count). The molecule has 7 nitrogen and oxygen atoms in total. The van der Waals surface area contributed by atoms with E-state index in [9.17, 15) is 17.6 Å². The monoisotopic (exact) mass is 402 g/mol. The van der Waals surface area contributed by atoms with Gasteiger partial charge >= 0.3 is 0 Å². The third-order valence-corrected chi connectivity index (χ3v) is 6.06. The molecule has 0 aliphatic rings. The molecular weight excluding hydrogens is 383 g/mol. The minimum atomic E-state index is -3.64. The molecule has 1 amide bonds. The first kappa shape index (κ1) is 19.7. The van der Waals surface area contributed by atoms with E-state index < -0.39 is 15.9 Å². The number of hydrogen-bond acceptors (Lipinski definition) is 4. The SMILES string of the molecule is CN(C)S(=O)(=O)c1ccccc1CNC(=O)c1cncn1-c1ccc(F)cc1. The van der Waals surface area contributed by atoms with Crippen LogP contribution in [0, 0.1) is 5.82 Å². The summed E-state index contributed by atoms with van der Waals surface area (Å²) in [7, 11) is -0.735. The minimum Gasteiger partial charge on any atom is -0.347 e. The molecule has 0 unspecified atom stereocenters. The van der Waals surface area contributed by atoms with Gasteiger partial charge in [-0.1, -0.05) is 18.2 Å². The number of nitrogens with zero attached hydrogens (tertiary/aromatic N) is 3. The summed E-state index contributed by atoms with van der Waals surface area (Å²) < 4.78 is 40.7. The van der Waals surface area contributed by atoms with E-state index in [1.165, 1.54) is 61.5 Å². The van der Waals surface area contributed by atoms with Crippen molar-refractivity contribution >= 4 is 15.9 Å². The minimum absolute atomic E-state index is 0.0245. The number of benzene rings is 2. The van der Waals surface area contributed by atoms with Crippen LogP contribution in [0.25, 0.3) is 5.69 Å². The Hall–Kier alpha value is -3.04. The number of rotatable bonds is 6. The molecule has 146 valence electrons. The van der Waals surface area contributed by atoms with E-state index in [1.54, 1.807) is 18.2 Å². The van der Waals surface area contributed by atoms with E-state index in [4.69, 9.17) is 0 Å². The van der Waals surface area contributed by atoms with Gasteiger partial charge in [-0.05, 0) is 35.9 Å². The third kappa shape index (κ3) is 3.95. The first-order chi connectivity index (χ1) is 13.3. The van der Waals surface area contributed by atoms with E-state index in [2.05, 4.69) is 10.3 Å². The Morgan fingerprint density at radius 1 is 1.14 bits per heavy atom. The van der Waals surface area contributed by atoms with Gasteiger partial charge in [0.25, 0.3) is 5.91 Å². The summed E-state index contributed by atoms with van der Waals surface area (Å²) in [6.07, 6.45) is 2.84. The van der Waals surface area contributed by atoms with Crippen LogP contribution in [0.1, 0.15) is 16.1 Å². The summed E-state index contributed by atoms with van der Waals surface area (Å²) in [4.78, 5) is 16.7. The molecule has 2 aromatic carbocycles. The van der Waals surface area contributed by atoms with Crippen LogP contribution in [-0.2, 0) is 16.6 Å². The highest BCUT2D eigenvalue weighted by molar-refractivity contribution is 7.89. The van der Waals surface area contributed by atoms with Gasteiger partial charge in [0.15, 0.2) is 0 Å². The summed E-state index contributed by atoms with van der Waals surface area (Å²) in [6, 6.07) is 12.1. The van der Waals surface area contributed by atoms with Crippen LogP contribution in [0.4, 0.5) is 4.39 Å². The molecule has 1 N–H and O–H groups in total. The molecule has 0 bridgehead atoms. The maximum absolute atomic E-state index is 13.1. The standard InChI is InChI=1S/C19H19FN4O3S/c1-23(2)28(26,27)18-6-4-3-5-14(18)11-22-19(25)17-12-21-13-24(17)16-9-7-15(20)8-10-16/h3-10,12-13H,11H2,1-2H3,(H,22,25). The number of carbonyl (C=O) groups is 1. The van der Waals surface area contributed by atoms with Crippen LogP contribution >= 0.6 is 0 Å². The fourth-order valence-corrected chi connectivity index (χ4v) is 3.75. The van der Waals surface area contributed by atoms with Crippen molar-refractivity contribution in [3.63, 3.8) is 0 Å². The topological polar surface area (TPSA) is 84.3 Å². The average Bonchev–Trinajstić information content (AvgIpc) is 3.16. The van der Waals surface area contributed by atoms with Gasteiger partial charge in [-0.2, -0.15) is 0 Å². The van der Waals surface area contributed by atoms with Crippen LogP contribution in [0.3, 0.4) is 0 Å². The van der Waals surface area contributed by atoms with Crippen molar-refractivity contribution in [2.24, 2.45) is 0 Å². The van der Waals surface area contributed by atoms with E-state index in [0.29, 0.717) is 11.3 Å². The van der Waals surface area contributed by atoms with Crippen LogP contribution in [0.5, 0.6) is 0 Å². The number of carbonyl (C=O) groups excluding carboxylic acids is 1. The predicted molar refractivity (Wildman–Crippen MR) is 102 cm³/mol. The van der Waals surface area contributed by atoms with Crippen LogP contribution < -0.4 is 5.32 Å². The quantitative estimate of drug-likeness (QED) is 0.685. The first-order valence-corrected chi connectivity index (χ1v) is 9.81. The fraction of sp³-hybridized carbons (Fsp3) is 0.158. The zero-order valence-corrected chi connectivity index (χ0v) is 16.1. The molecule has 1 aromatic heterocycles. The molecule has 9 heteroatoms. The van der Waals surface area contributed by atoms with Gasteiger partial charge in [-0.25, -0.2) is 22.1 Å². The first-order valence-electron chi connectivity index (χ1n) is 8.37. The predicted octanol–water partition coefficient (Wildman–Crippen LogP) is 2.19. The van der Waals surface area contributed by atoms with Crippen molar-refractivity contribution in [3.8, 4) is 5.69 Å². The number of imidazole rings is 1. The fourth-order valence-electron chi connectivity index (χ4n) is 2.63. The van der Waals surface area contributed by atoms with Gasteiger partial charge in [-0.15, -0.1) is 0 Å². The Bertz CT molecular complexity index is 1090. The van der Waals surface area contributed by atoms with Gasteiger partial charge in [0.05, 0.1) is 17.4 Å². The second-order valence-corrected chi connectivity index (χ2v) is 8.32. The number of amides is 1. The van der Waals surface area contributed by atoms with E-state index in [1.807, 2.05) is 0 Å².